The number of hydrogen-bond acceptors (Lipinski definition) is 5. The van der Waals surface area contributed by atoms with E-state index in [0.29, 0.717) is 12.4 Å². The molecule has 140 valence electrons. The van der Waals surface area contributed by atoms with E-state index in [2.05, 4.69) is 0 Å². The van der Waals surface area contributed by atoms with E-state index in [1.165, 1.54) is 0 Å². The van der Waals surface area contributed by atoms with Crippen LogP contribution in [0.3, 0.4) is 0 Å². The Labute approximate surface area is 150 Å². The normalized spacial score (nSPS) is 10.7. The number of rotatable bonds is 10. The van der Waals surface area contributed by atoms with Crippen LogP contribution < -0.4 is 9.47 Å². The van der Waals surface area contributed by atoms with Crippen LogP contribution in [0.5, 0.6) is 11.5 Å². The van der Waals surface area contributed by atoms with Gasteiger partial charge in [0.2, 0.25) is 0 Å². The maximum Gasteiger partial charge on any atom is 0.309 e. The summed E-state index contributed by atoms with van der Waals surface area (Å²) < 4.78 is 15.9. The molecule has 0 aliphatic rings. The molecule has 25 heavy (non-hydrogen) atoms. The largest absolute Gasteiger partial charge is 0.494 e. The summed E-state index contributed by atoms with van der Waals surface area (Å²) in [5.74, 6) is 0.781. The summed E-state index contributed by atoms with van der Waals surface area (Å²) in [5, 5.41) is 0. The van der Waals surface area contributed by atoms with Crippen LogP contribution in [0.25, 0.3) is 0 Å². The Morgan fingerprint density at radius 2 is 1.48 bits per heavy atom. The molecule has 0 aliphatic carbocycles. The third kappa shape index (κ3) is 7.45. The van der Waals surface area contributed by atoms with Crippen molar-refractivity contribution < 1.29 is 23.8 Å². The number of benzene rings is 1. The lowest BCUT2D eigenvalue weighted by Gasteiger charge is -2.30. The van der Waals surface area contributed by atoms with E-state index >= 15 is 0 Å². The van der Waals surface area contributed by atoms with Crippen molar-refractivity contribution in [3.05, 3.63) is 24.3 Å². The minimum absolute atomic E-state index is 0.0641. The van der Waals surface area contributed by atoms with Crippen molar-refractivity contribution in [1.82, 2.24) is 4.90 Å². The molecule has 0 unspecified atom stereocenters. The number of carbonyl (C=O) groups excluding carboxylic acids is 2. The molecule has 0 aromatic heterocycles. The van der Waals surface area contributed by atoms with Crippen molar-refractivity contribution in [3.63, 3.8) is 0 Å². The van der Waals surface area contributed by atoms with E-state index in [4.69, 9.17) is 14.2 Å². The fraction of sp³-hybridized carbons (Fsp3) is 0.579. The number of esters is 1. The topological polar surface area (TPSA) is 65.1 Å². The monoisotopic (exact) mass is 351 g/mol. The second-order valence-electron chi connectivity index (χ2n) is 6.15. The third-order valence-electron chi connectivity index (χ3n) is 3.47. The van der Waals surface area contributed by atoms with Gasteiger partial charge in [-0.15, -0.1) is 0 Å². The predicted molar refractivity (Wildman–Crippen MR) is 95.8 cm³/mol. The average molecular weight is 351 g/mol. The van der Waals surface area contributed by atoms with Crippen LogP contribution in [0.2, 0.25) is 0 Å². The quantitative estimate of drug-likeness (QED) is 0.606. The smallest absolute Gasteiger partial charge is 0.309 e. The maximum absolute atomic E-state index is 12.1. The zero-order chi connectivity index (χ0) is 18.8. The van der Waals surface area contributed by atoms with Gasteiger partial charge < -0.3 is 19.1 Å². The molecule has 1 aromatic rings. The van der Waals surface area contributed by atoms with Crippen LogP contribution in [0.1, 0.15) is 41.0 Å². The van der Waals surface area contributed by atoms with Crippen molar-refractivity contribution in [2.75, 3.05) is 19.8 Å². The fourth-order valence-corrected chi connectivity index (χ4v) is 2.51. The van der Waals surface area contributed by atoms with E-state index in [0.717, 1.165) is 5.75 Å². The highest BCUT2D eigenvalue weighted by Crippen LogP contribution is 2.17. The minimum atomic E-state index is -0.452. The molecule has 1 rings (SSSR count). The van der Waals surface area contributed by atoms with Crippen LogP contribution in [-0.2, 0) is 14.3 Å². The van der Waals surface area contributed by atoms with E-state index in [9.17, 15) is 9.59 Å². The van der Waals surface area contributed by atoms with Gasteiger partial charge in [0.1, 0.15) is 11.5 Å². The van der Waals surface area contributed by atoms with Gasteiger partial charge in [-0.05, 0) is 58.9 Å². The molecule has 1 aromatic carbocycles. The first-order chi connectivity index (χ1) is 11.8. The van der Waals surface area contributed by atoms with Gasteiger partial charge in [0.05, 0.1) is 19.6 Å². The standard InChI is InChI=1S/C19H29NO5/c1-6-23-16-7-9-17(10-8-16)24-12-11-19(22)25-13-18(21)20(14(2)3)15(4)5/h7-10,14-15H,6,11-13H2,1-5H3. The number of amides is 1. The van der Waals surface area contributed by atoms with Crippen LogP contribution >= 0.6 is 0 Å². The molecule has 0 atom stereocenters. The first kappa shape index (κ1) is 20.8. The molecule has 0 fully saturated rings. The molecule has 6 heteroatoms. The number of hydrogen-bond donors (Lipinski definition) is 0. The molecular formula is C19H29NO5. The lowest BCUT2D eigenvalue weighted by molar-refractivity contribution is -0.154. The third-order valence-corrected chi connectivity index (χ3v) is 3.47. The zero-order valence-electron chi connectivity index (χ0n) is 15.8. The average Bonchev–Trinajstić information content (AvgIpc) is 2.54. The minimum Gasteiger partial charge on any atom is -0.494 e. The summed E-state index contributed by atoms with van der Waals surface area (Å²) in [6.07, 6.45) is 0.0872. The highest BCUT2D eigenvalue weighted by molar-refractivity contribution is 5.81. The summed E-state index contributed by atoms with van der Waals surface area (Å²) >= 11 is 0. The zero-order valence-corrected chi connectivity index (χ0v) is 15.8. The molecule has 1 amide bonds. The van der Waals surface area contributed by atoms with Gasteiger partial charge in [0.25, 0.3) is 5.91 Å². The molecule has 0 heterocycles. The van der Waals surface area contributed by atoms with E-state index in [-0.39, 0.29) is 37.6 Å². The Morgan fingerprint density at radius 3 is 1.96 bits per heavy atom. The van der Waals surface area contributed by atoms with Gasteiger partial charge >= 0.3 is 5.97 Å². The van der Waals surface area contributed by atoms with Crippen molar-refractivity contribution in [3.8, 4) is 11.5 Å². The van der Waals surface area contributed by atoms with Crippen molar-refractivity contribution in [1.29, 1.82) is 0 Å². The van der Waals surface area contributed by atoms with Crippen molar-refractivity contribution in [2.24, 2.45) is 0 Å². The van der Waals surface area contributed by atoms with Crippen LogP contribution in [0.15, 0.2) is 24.3 Å². The van der Waals surface area contributed by atoms with Crippen LogP contribution in [0, 0.1) is 0 Å². The van der Waals surface area contributed by atoms with E-state index in [1.54, 1.807) is 17.0 Å². The van der Waals surface area contributed by atoms with E-state index in [1.807, 2.05) is 46.8 Å². The predicted octanol–water partition coefficient (Wildman–Crippen LogP) is 3.04. The van der Waals surface area contributed by atoms with Crippen LogP contribution in [0.4, 0.5) is 0 Å². The lowest BCUT2D eigenvalue weighted by atomic mass is 10.2. The second kappa shape index (κ2) is 10.6. The maximum atomic E-state index is 12.1. The van der Waals surface area contributed by atoms with Gasteiger partial charge in [-0.25, -0.2) is 0 Å². The Balaban J connectivity index is 2.31. The van der Waals surface area contributed by atoms with Crippen LogP contribution in [-0.4, -0.2) is 48.7 Å². The Bertz CT molecular complexity index is 531. The van der Waals surface area contributed by atoms with Crippen molar-refractivity contribution in [2.45, 2.75) is 53.1 Å². The van der Waals surface area contributed by atoms with Gasteiger partial charge in [-0.2, -0.15) is 0 Å². The first-order valence-electron chi connectivity index (χ1n) is 8.67. The van der Waals surface area contributed by atoms with E-state index < -0.39 is 5.97 Å². The summed E-state index contributed by atoms with van der Waals surface area (Å²) in [6.45, 7) is 10.2. The second-order valence-corrected chi connectivity index (χ2v) is 6.15. The van der Waals surface area contributed by atoms with Crippen molar-refractivity contribution >= 4 is 11.9 Å². The Morgan fingerprint density at radius 1 is 0.960 bits per heavy atom. The summed E-state index contributed by atoms with van der Waals surface area (Å²) in [5.41, 5.74) is 0. The summed E-state index contributed by atoms with van der Waals surface area (Å²) in [4.78, 5) is 25.6. The molecule has 0 bridgehead atoms. The molecule has 0 radical (unpaired) electrons. The molecule has 6 nitrogen and oxygen atoms in total. The fourth-order valence-electron chi connectivity index (χ4n) is 2.51. The number of carbonyl (C=O) groups is 2. The molecular weight excluding hydrogens is 322 g/mol. The number of ether oxygens (including phenoxy) is 3. The highest BCUT2D eigenvalue weighted by Gasteiger charge is 2.21. The number of nitrogens with zero attached hydrogens (tertiary/aromatic N) is 1. The SMILES string of the molecule is CCOc1ccc(OCCC(=O)OCC(=O)N(C(C)C)C(C)C)cc1. The Kier molecular flexibility index (Phi) is 8.81. The summed E-state index contributed by atoms with van der Waals surface area (Å²) in [6, 6.07) is 7.31. The molecule has 0 saturated heterocycles. The molecule has 0 spiro atoms. The molecule has 0 aliphatic heterocycles. The Hall–Kier alpha value is -2.24. The summed E-state index contributed by atoms with van der Waals surface area (Å²) in [7, 11) is 0. The lowest BCUT2D eigenvalue weighted by Crippen LogP contribution is -2.44. The highest BCUT2D eigenvalue weighted by atomic mass is 16.5. The van der Waals surface area contributed by atoms with Gasteiger partial charge in [0, 0.05) is 12.1 Å². The first-order valence-corrected chi connectivity index (χ1v) is 8.67. The van der Waals surface area contributed by atoms with Gasteiger partial charge in [-0.3, -0.25) is 9.59 Å². The molecule has 0 saturated carbocycles. The molecule has 0 N–H and O–H groups in total. The van der Waals surface area contributed by atoms with Gasteiger partial charge in [-0.1, -0.05) is 0 Å². The van der Waals surface area contributed by atoms with Gasteiger partial charge in [0.15, 0.2) is 6.61 Å².